The lowest BCUT2D eigenvalue weighted by molar-refractivity contribution is -0.134. The highest BCUT2D eigenvalue weighted by Crippen LogP contribution is 2.30. The number of aliphatic carboxylic acids is 1. The first kappa shape index (κ1) is 52.5. The number of hydrogen-bond acceptors (Lipinski definition) is 10. The molecule has 0 bridgehead atoms. The molecule has 59 heavy (non-hydrogen) atoms. The van der Waals surface area contributed by atoms with Crippen molar-refractivity contribution in [3.8, 4) is 0 Å². The van der Waals surface area contributed by atoms with Gasteiger partial charge in [0.2, 0.25) is 5.91 Å². The van der Waals surface area contributed by atoms with Gasteiger partial charge in [0.05, 0.1) is 45.5 Å². The summed E-state index contributed by atoms with van der Waals surface area (Å²) in [5, 5.41) is 10.0. The number of benzene rings is 5. The van der Waals surface area contributed by atoms with Crippen LogP contribution in [0.3, 0.4) is 0 Å². The van der Waals surface area contributed by atoms with E-state index in [1.54, 1.807) is 36.4 Å². The van der Waals surface area contributed by atoms with Crippen LogP contribution in [0, 0.1) is 0 Å². The van der Waals surface area contributed by atoms with Crippen molar-refractivity contribution in [2.45, 2.75) is 47.5 Å². The van der Waals surface area contributed by atoms with Gasteiger partial charge < -0.3 is 43.9 Å². The predicted molar refractivity (Wildman–Crippen MR) is 265 cm³/mol. The van der Waals surface area contributed by atoms with Crippen molar-refractivity contribution < 1.29 is 19.5 Å². The van der Waals surface area contributed by atoms with Crippen LogP contribution in [0.4, 0.5) is 45.5 Å². The lowest BCUT2D eigenvalue weighted by atomic mass is 10.1. The molecule has 0 atom stereocenters. The van der Waals surface area contributed by atoms with Gasteiger partial charge in [-0.2, -0.15) is 0 Å². The van der Waals surface area contributed by atoms with E-state index in [-0.39, 0.29) is 5.91 Å². The highest BCUT2D eigenvalue weighted by atomic mass is 79.9. The number of carboxylic acids is 1. The molecule has 7 rings (SSSR count). The van der Waals surface area contributed by atoms with Crippen LogP contribution in [0.1, 0.15) is 45.7 Å². The molecule has 2 aliphatic heterocycles. The minimum atomic E-state index is -0.833. The number of nitrogen functional groups attached to an aromatic ring is 5. The number of rotatable bonds is 1. The van der Waals surface area contributed by atoms with Crippen molar-refractivity contribution >= 4 is 155 Å². The second-order valence-electron chi connectivity index (χ2n) is 12.3. The molecule has 0 saturated heterocycles. The topological polar surface area (TPSA) is 238 Å². The second-order valence-corrected chi connectivity index (χ2v) is 16.9. The zero-order valence-corrected chi connectivity index (χ0v) is 40.9. The molecule has 0 fully saturated rings. The summed E-state index contributed by atoms with van der Waals surface area (Å²) in [5.74, 6) is -0.955. The molecule has 2 heterocycles. The second kappa shape index (κ2) is 27.3. The number of hydrogen-bond donors (Lipinski definition) is 7. The molecule has 17 heteroatoms. The van der Waals surface area contributed by atoms with Crippen LogP contribution in [-0.4, -0.2) is 34.7 Å². The maximum absolute atomic E-state index is 10.7. The highest BCUT2D eigenvalue weighted by Gasteiger charge is 2.11. The first-order valence-electron chi connectivity index (χ1n) is 17.3. The number of halogens is 5. The number of aldehydes is 1. The first-order chi connectivity index (χ1) is 27.6. The van der Waals surface area contributed by atoms with Gasteiger partial charge in [0.25, 0.3) is 5.97 Å². The third kappa shape index (κ3) is 21.9. The van der Waals surface area contributed by atoms with Crippen LogP contribution in [0.15, 0.2) is 123 Å². The number of nitrogens with two attached hydrogens (primary N) is 5. The van der Waals surface area contributed by atoms with Crippen LogP contribution < -0.4 is 34.0 Å². The Labute approximate surface area is 387 Å². The Morgan fingerprint density at radius 2 is 0.881 bits per heavy atom. The molecule has 12 N–H and O–H groups in total. The Bertz CT molecular complexity index is 2150. The molecular weight excluding hydrogens is 1080 g/mol. The van der Waals surface area contributed by atoms with Crippen molar-refractivity contribution in [2.75, 3.05) is 34.0 Å². The summed E-state index contributed by atoms with van der Waals surface area (Å²) in [7, 11) is 0. The third-order valence-electron chi connectivity index (χ3n) is 7.02. The Hall–Kier alpha value is -4.55. The summed E-state index contributed by atoms with van der Waals surface area (Å²) >= 11 is 16.7. The van der Waals surface area contributed by atoms with Crippen molar-refractivity contribution in [1.29, 1.82) is 0 Å². The lowest BCUT2D eigenvalue weighted by Gasteiger charge is -2.05. The molecule has 0 unspecified atom stereocenters. The maximum atomic E-state index is 10.7. The molecule has 0 aromatic heterocycles. The van der Waals surface area contributed by atoms with Crippen LogP contribution in [-0.2, 0) is 27.2 Å². The summed E-state index contributed by atoms with van der Waals surface area (Å²) in [6.45, 7) is 8.10. The Morgan fingerprint density at radius 3 is 1.19 bits per heavy atom. The van der Waals surface area contributed by atoms with Gasteiger partial charge in [0.1, 0.15) is 6.29 Å². The van der Waals surface area contributed by atoms with E-state index in [0.717, 1.165) is 59.8 Å². The van der Waals surface area contributed by atoms with E-state index in [0.29, 0.717) is 34.1 Å². The van der Waals surface area contributed by atoms with Crippen molar-refractivity contribution in [3.05, 3.63) is 124 Å². The standard InChI is InChI=1S/2C9H8BrN.C8H9BrN2O.2C6H7BrN2.C2H4O2.C2H4O/c2*1-6-4-7-5-8(10)2-3-9(7)11-6;1-5(12)11-8-3-2-6(9)4-7(8)10;2*7-4-1-2-5(8)6(9)3-4;1-2(3)4;1-2-3/h2*2-3,5H,4H2,1H3;2-4H,10H2,1H3,(H,11,12);2*1-3H,8-9H2;1H3,(H,3,4);2H,1H3. The van der Waals surface area contributed by atoms with Crippen molar-refractivity contribution in [1.82, 2.24) is 0 Å². The van der Waals surface area contributed by atoms with E-state index in [2.05, 4.69) is 133 Å². The van der Waals surface area contributed by atoms with E-state index in [1.165, 1.54) is 36.4 Å². The normalized spacial score (nSPS) is 10.9. The Kier molecular flexibility index (Phi) is 24.2. The summed E-state index contributed by atoms with van der Waals surface area (Å²) in [4.78, 5) is 37.3. The number of nitrogens with zero attached hydrogens (tertiary/aromatic N) is 2. The molecule has 0 radical (unpaired) electrons. The predicted octanol–water partition coefficient (Wildman–Crippen LogP) is 11.7. The van der Waals surface area contributed by atoms with Gasteiger partial charge in [-0.15, -0.1) is 0 Å². The summed E-state index contributed by atoms with van der Waals surface area (Å²) in [6.07, 6.45) is 2.77. The van der Waals surface area contributed by atoms with Gasteiger partial charge in [-0.1, -0.05) is 79.6 Å². The van der Waals surface area contributed by atoms with Crippen LogP contribution >= 0.6 is 79.6 Å². The molecular formula is C42H47Br5N8O4. The largest absolute Gasteiger partial charge is 0.481 e. The number of carboxylic acid groups (broad SMARTS) is 1. The van der Waals surface area contributed by atoms with Crippen LogP contribution in [0.2, 0.25) is 0 Å². The summed E-state index contributed by atoms with van der Waals surface area (Å²) < 4.78 is 5.08. The minimum absolute atomic E-state index is 0.121. The fraction of sp³-hybridized carbons (Fsp3) is 0.167. The summed E-state index contributed by atoms with van der Waals surface area (Å²) in [5.41, 5.74) is 38.5. The number of nitrogens with one attached hydrogen (secondary N) is 1. The van der Waals surface area contributed by atoms with Crippen LogP contribution in [0.5, 0.6) is 0 Å². The van der Waals surface area contributed by atoms with E-state index >= 15 is 0 Å². The Balaban J connectivity index is 0.000000356. The molecule has 2 aliphatic rings. The lowest BCUT2D eigenvalue weighted by Crippen LogP contribution is -2.07. The Morgan fingerprint density at radius 1 is 0.576 bits per heavy atom. The monoisotopic (exact) mass is 1120 g/mol. The highest BCUT2D eigenvalue weighted by molar-refractivity contribution is 9.11. The minimum Gasteiger partial charge on any atom is -0.481 e. The first-order valence-corrected chi connectivity index (χ1v) is 21.3. The smallest absolute Gasteiger partial charge is 0.300 e. The number of aliphatic imine (C=N–C) groups is 2. The zero-order valence-electron chi connectivity index (χ0n) is 33.0. The van der Waals surface area contributed by atoms with Crippen molar-refractivity contribution in [2.24, 2.45) is 9.98 Å². The van der Waals surface area contributed by atoms with Gasteiger partial charge in [-0.05, 0) is 123 Å². The van der Waals surface area contributed by atoms with E-state index in [4.69, 9.17) is 43.4 Å². The van der Waals surface area contributed by atoms with Gasteiger partial charge in [-0.3, -0.25) is 19.6 Å². The molecule has 0 saturated carbocycles. The molecule has 5 aromatic carbocycles. The average Bonchev–Trinajstić information content (AvgIpc) is 3.70. The number of carbonyl (C=O) groups is 3. The summed E-state index contributed by atoms with van der Waals surface area (Å²) in [6, 6.07) is 28.5. The van der Waals surface area contributed by atoms with E-state index < -0.39 is 5.97 Å². The number of carbonyl (C=O) groups excluding carboxylic acids is 2. The maximum Gasteiger partial charge on any atom is 0.300 e. The molecule has 12 nitrogen and oxygen atoms in total. The molecule has 5 aromatic rings. The molecule has 314 valence electrons. The molecule has 0 spiro atoms. The van der Waals surface area contributed by atoms with Gasteiger partial charge in [0, 0.05) is 60.5 Å². The number of amides is 1. The molecule has 0 aliphatic carbocycles. The van der Waals surface area contributed by atoms with Crippen molar-refractivity contribution in [3.63, 3.8) is 0 Å². The zero-order chi connectivity index (χ0) is 44.8. The third-order valence-corrected chi connectivity index (χ3v) is 9.49. The van der Waals surface area contributed by atoms with E-state index in [1.807, 2.05) is 30.3 Å². The van der Waals surface area contributed by atoms with E-state index in [9.17, 15) is 4.79 Å². The van der Waals surface area contributed by atoms with Gasteiger partial charge >= 0.3 is 0 Å². The average molecular weight is 1130 g/mol. The fourth-order valence-corrected chi connectivity index (χ4v) is 6.53. The fourth-order valence-electron chi connectivity index (χ4n) is 4.58. The van der Waals surface area contributed by atoms with Gasteiger partial charge in [0.15, 0.2) is 0 Å². The van der Waals surface area contributed by atoms with Crippen LogP contribution in [0.25, 0.3) is 0 Å². The quantitative estimate of drug-likeness (QED) is 0.0623. The SMILES string of the molecule is CC(=O)Nc1ccc(Br)cc1N.CC(=O)O.CC1=Nc2ccc(Br)cc2C1.CC1=Nc2ccc(Br)cc2C1.CC=O.Nc1ccc(Br)cc1N.Nc1ccc(Br)cc1N. The number of anilines is 6. The number of fused-ring (bicyclic) bond motifs is 2. The van der Waals surface area contributed by atoms with Gasteiger partial charge in [-0.25, -0.2) is 0 Å². The molecule has 1 amide bonds.